The second kappa shape index (κ2) is 8.84. The van der Waals surface area contributed by atoms with Crippen LogP contribution in [0.1, 0.15) is 22.6 Å². The van der Waals surface area contributed by atoms with E-state index in [4.69, 9.17) is 4.98 Å². The van der Waals surface area contributed by atoms with E-state index >= 15 is 0 Å². The first-order chi connectivity index (χ1) is 15.0. The summed E-state index contributed by atoms with van der Waals surface area (Å²) >= 11 is 2.58. The Labute approximate surface area is 187 Å². The quantitative estimate of drug-likeness (QED) is 0.371. The molecule has 0 spiro atoms. The molecule has 0 atom stereocenters. The molecule has 0 amide bonds. The van der Waals surface area contributed by atoms with Crippen LogP contribution in [-0.4, -0.2) is 20.0 Å². The molecule has 0 aliphatic carbocycles. The molecule has 0 aliphatic rings. The van der Waals surface area contributed by atoms with Gasteiger partial charge in [-0.25, -0.2) is 9.37 Å². The summed E-state index contributed by atoms with van der Waals surface area (Å²) in [5, 5.41) is 15.8. The summed E-state index contributed by atoms with van der Waals surface area (Å²) in [5.74, 6) is -0.130. The molecule has 1 aromatic carbocycles. The highest BCUT2D eigenvalue weighted by atomic mass is 32.2. The highest BCUT2D eigenvalue weighted by Crippen LogP contribution is 2.33. The molecular formula is C23H17FN4OS2. The average molecular weight is 449 g/mol. The predicted molar refractivity (Wildman–Crippen MR) is 121 cm³/mol. The number of nitrogens with zero attached hydrogens (tertiary/aromatic N) is 4. The zero-order chi connectivity index (χ0) is 22.0. The van der Waals surface area contributed by atoms with Crippen LogP contribution in [0.4, 0.5) is 9.18 Å². The lowest BCUT2D eigenvalue weighted by atomic mass is 9.98. The maximum absolute atomic E-state index is 13.4. The third-order valence-corrected chi connectivity index (χ3v) is 6.38. The molecule has 4 aromatic rings. The first-order valence-electron chi connectivity index (χ1n) is 9.40. The smallest absolute Gasteiger partial charge is 0.259 e. The van der Waals surface area contributed by atoms with Crippen LogP contribution in [0.25, 0.3) is 21.7 Å². The van der Waals surface area contributed by atoms with Crippen LogP contribution >= 0.6 is 23.1 Å². The van der Waals surface area contributed by atoms with Crippen molar-refractivity contribution in [1.29, 1.82) is 5.26 Å². The van der Waals surface area contributed by atoms with E-state index in [2.05, 4.69) is 11.2 Å². The van der Waals surface area contributed by atoms with E-state index in [-0.39, 0.29) is 16.8 Å². The third kappa shape index (κ3) is 4.43. The van der Waals surface area contributed by atoms with Crippen molar-refractivity contribution in [3.63, 3.8) is 0 Å². The Bertz CT molecular complexity index is 1290. The van der Waals surface area contributed by atoms with Crippen LogP contribution in [-0.2, 0) is 5.75 Å². The van der Waals surface area contributed by atoms with Gasteiger partial charge in [-0.1, -0.05) is 30.0 Å². The van der Waals surface area contributed by atoms with E-state index in [9.17, 15) is 14.4 Å². The number of benzene rings is 1. The lowest BCUT2D eigenvalue weighted by Gasteiger charge is -2.12. The van der Waals surface area contributed by atoms with Crippen molar-refractivity contribution < 1.29 is 9.18 Å². The number of thiophene rings is 1. The van der Waals surface area contributed by atoms with E-state index in [1.165, 1.54) is 28.2 Å². The Kier molecular flexibility index (Phi) is 5.98. The zero-order valence-corrected chi connectivity index (χ0v) is 18.4. The molecule has 0 fully saturated rings. The van der Waals surface area contributed by atoms with Gasteiger partial charge in [-0.3, -0.25) is 4.79 Å². The van der Waals surface area contributed by atoms with E-state index in [1.54, 1.807) is 12.1 Å². The highest BCUT2D eigenvalue weighted by molar-refractivity contribution is 8.12. The summed E-state index contributed by atoms with van der Waals surface area (Å²) in [4.78, 5) is 18.3. The third-order valence-electron chi connectivity index (χ3n) is 4.65. The SMILES string of the molecule is Cc1cc(C)n(C(=O)SCc2nc(-c3cccs3)cc(-c3ccc(F)cc3)c2C#N)n1. The molecule has 0 aliphatic heterocycles. The second-order valence-corrected chi connectivity index (χ2v) is 8.74. The Balaban J connectivity index is 1.75. The number of carbonyl (C=O) groups excluding carboxylic acids is 1. The van der Waals surface area contributed by atoms with Gasteiger partial charge in [0, 0.05) is 17.0 Å². The van der Waals surface area contributed by atoms with Crippen LogP contribution in [0.5, 0.6) is 0 Å². The molecule has 0 unspecified atom stereocenters. The molecule has 4 rings (SSSR count). The lowest BCUT2D eigenvalue weighted by molar-refractivity contribution is 0.259. The summed E-state index contributed by atoms with van der Waals surface area (Å²) in [7, 11) is 0. The molecular weight excluding hydrogens is 431 g/mol. The van der Waals surface area contributed by atoms with Crippen LogP contribution in [0.3, 0.4) is 0 Å². The second-order valence-electron chi connectivity index (χ2n) is 6.87. The zero-order valence-electron chi connectivity index (χ0n) is 16.8. The molecule has 0 saturated heterocycles. The van der Waals surface area contributed by atoms with Gasteiger partial charge in [0.15, 0.2) is 0 Å². The monoisotopic (exact) mass is 448 g/mol. The number of nitriles is 1. The number of pyridine rings is 1. The largest absolute Gasteiger partial charge is 0.306 e. The van der Waals surface area contributed by atoms with Crippen molar-refractivity contribution in [2.75, 3.05) is 0 Å². The van der Waals surface area contributed by atoms with Gasteiger partial charge in [-0.2, -0.15) is 15.0 Å². The molecule has 5 nitrogen and oxygen atoms in total. The van der Waals surface area contributed by atoms with Gasteiger partial charge in [0.25, 0.3) is 0 Å². The maximum Gasteiger partial charge on any atom is 0.306 e. The topological polar surface area (TPSA) is 71.6 Å². The summed E-state index contributed by atoms with van der Waals surface area (Å²) in [6.07, 6.45) is 0. The van der Waals surface area contributed by atoms with Crippen molar-refractivity contribution in [3.05, 3.63) is 82.4 Å². The molecule has 3 heterocycles. The van der Waals surface area contributed by atoms with Crippen molar-refractivity contribution in [1.82, 2.24) is 14.8 Å². The van der Waals surface area contributed by atoms with Gasteiger partial charge in [-0.15, -0.1) is 11.3 Å². The minimum Gasteiger partial charge on any atom is -0.259 e. The molecule has 8 heteroatoms. The van der Waals surface area contributed by atoms with Crippen molar-refractivity contribution in [2.45, 2.75) is 19.6 Å². The number of halogens is 1. The fourth-order valence-corrected chi connectivity index (χ4v) is 4.70. The van der Waals surface area contributed by atoms with Crippen molar-refractivity contribution in [2.24, 2.45) is 0 Å². The fraction of sp³-hybridized carbons (Fsp3) is 0.130. The summed E-state index contributed by atoms with van der Waals surface area (Å²) in [6, 6.07) is 15.8. The Hall–Kier alpha value is -3.28. The van der Waals surface area contributed by atoms with Gasteiger partial charge in [0.2, 0.25) is 0 Å². The standard InChI is InChI=1S/C23H17FN4OS2/c1-14-10-15(2)28(27-14)23(29)31-13-21-19(12-25)18(16-5-7-17(24)8-6-16)11-20(26-21)22-4-3-9-30-22/h3-11H,13H2,1-2H3. The molecule has 3 aromatic heterocycles. The number of carbonyl (C=O) groups is 1. The Morgan fingerprint density at radius 1 is 1.23 bits per heavy atom. The normalized spacial score (nSPS) is 10.8. The highest BCUT2D eigenvalue weighted by Gasteiger charge is 2.18. The van der Waals surface area contributed by atoms with Crippen LogP contribution < -0.4 is 0 Å². The van der Waals surface area contributed by atoms with Crippen molar-refractivity contribution >= 4 is 28.3 Å². The maximum atomic E-state index is 13.4. The van der Waals surface area contributed by atoms with Gasteiger partial charge in [-0.05, 0) is 55.1 Å². The first kappa shape index (κ1) is 21.0. The molecule has 31 heavy (non-hydrogen) atoms. The van der Waals surface area contributed by atoms with Crippen molar-refractivity contribution in [3.8, 4) is 27.8 Å². The molecule has 0 N–H and O–H groups in total. The van der Waals surface area contributed by atoms with Crippen LogP contribution in [0.15, 0.2) is 53.9 Å². The number of hydrogen-bond acceptors (Lipinski definition) is 6. The molecule has 0 radical (unpaired) electrons. The minimum absolute atomic E-state index is 0.216. The Morgan fingerprint density at radius 3 is 2.61 bits per heavy atom. The molecule has 0 bridgehead atoms. The van der Waals surface area contributed by atoms with E-state index in [0.29, 0.717) is 28.1 Å². The van der Waals surface area contributed by atoms with Crippen LogP contribution in [0.2, 0.25) is 0 Å². The lowest BCUT2D eigenvalue weighted by Crippen LogP contribution is -2.10. The fourth-order valence-electron chi connectivity index (χ4n) is 3.24. The van der Waals surface area contributed by atoms with Gasteiger partial charge < -0.3 is 0 Å². The minimum atomic E-state index is -0.346. The summed E-state index contributed by atoms with van der Waals surface area (Å²) in [5.41, 5.74) is 4.49. The summed E-state index contributed by atoms with van der Waals surface area (Å²) < 4.78 is 14.8. The number of aromatic nitrogens is 3. The molecule has 154 valence electrons. The number of aryl methyl sites for hydroxylation is 2. The Morgan fingerprint density at radius 2 is 2.00 bits per heavy atom. The number of thioether (sulfide) groups is 1. The van der Waals surface area contributed by atoms with Crippen LogP contribution in [0, 0.1) is 31.0 Å². The summed E-state index contributed by atoms with van der Waals surface area (Å²) in [6.45, 7) is 3.65. The van der Waals surface area contributed by atoms with Gasteiger partial charge >= 0.3 is 5.24 Å². The van der Waals surface area contributed by atoms with E-state index in [1.807, 2.05) is 43.5 Å². The van der Waals surface area contributed by atoms with E-state index < -0.39 is 0 Å². The van der Waals surface area contributed by atoms with Gasteiger partial charge in [0.1, 0.15) is 11.9 Å². The number of hydrogen-bond donors (Lipinski definition) is 0. The predicted octanol–water partition coefficient (Wildman–Crippen LogP) is 6.20. The first-order valence-corrected chi connectivity index (χ1v) is 11.3. The average Bonchev–Trinajstić information content (AvgIpc) is 3.41. The van der Waals surface area contributed by atoms with E-state index in [0.717, 1.165) is 28.0 Å². The van der Waals surface area contributed by atoms with Gasteiger partial charge in [0.05, 0.1) is 27.5 Å². The number of rotatable bonds is 4. The molecule has 0 saturated carbocycles.